The standard InChI is InChI=1S/C6H6N2O4S3/c9-3(10)1-13-5-7-8-6(15-5)14-2-4(11)12/h1-2H2,(H,9,10)(H,11,12). The Morgan fingerprint density at radius 3 is 1.80 bits per heavy atom. The largest absolute Gasteiger partial charge is 0.481 e. The molecule has 0 saturated carbocycles. The van der Waals surface area contributed by atoms with Gasteiger partial charge in [-0.2, -0.15) is 0 Å². The number of carboxylic acids is 2. The lowest BCUT2D eigenvalue weighted by atomic mass is 10.8. The molecule has 0 aromatic carbocycles. The number of aliphatic carboxylic acids is 2. The van der Waals surface area contributed by atoms with Crippen LogP contribution in [0.3, 0.4) is 0 Å². The van der Waals surface area contributed by atoms with Crippen LogP contribution in [0.4, 0.5) is 0 Å². The number of carbonyl (C=O) groups is 2. The summed E-state index contributed by atoms with van der Waals surface area (Å²) in [6.07, 6.45) is 0. The first-order chi connectivity index (χ1) is 7.08. The van der Waals surface area contributed by atoms with Gasteiger partial charge in [0.05, 0.1) is 11.5 Å². The predicted octanol–water partition coefficient (Wildman–Crippen LogP) is 0.892. The summed E-state index contributed by atoms with van der Waals surface area (Å²) >= 11 is 3.33. The molecule has 0 radical (unpaired) electrons. The van der Waals surface area contributed by atoms with E-state index in [2.05, 4.69) is 10.2 Å². The summed E-state index contributed by atoms with van der Waals surface area (Å²) in [5, 5.41) is 24.3. The van der Waals surface area contributed by atoms with E-state index in [4.69, 9.17) is 10.2 Å². The second kappa shape index (κ2) is 5.93. The van der Waals surface area contributed by atoms with E-state index in [9.17, 15) is 9.59 Å². The molecule has 1 rings (SSSR count). The Kier molecular flexibility index (Phi) is 4.85. The number of thioether (sulfide) groups is 2. The summed E-state index contributed by atoms with van der Waals surface area (Å²) in [5.74, 6) is -1.99. The first-order valence-corrected chi connectivity index (χ1v) is 6.39. The molecule has 9 heteroatoms. The van der Waals surface area contributed by atoms with E-state index in [1.807, 2.05) is 0 Å². The molecule has 0 atom stereocenters. The van der Waals surface area contributed by atoms with Gasteiger partial charge in [0.25, 0.3) is 0 Å². The topological polar surface area (TPSA) is 100 Å². The van der Waals surface area contributed by atoms with Gasteiger partial charge in [-0.05, 0) is 0 Å². The zero-order valence-electron chi connectivity index (χ0n) is 7.24. The van der Waals surface area contributed by atoms with Gasteiger partial charge in [-0.25, -0.2) is 0 Å². The van der Waals surface area contributed by atoms with Gasteiger partial charge in [-0.1, -0.05) is 34.9 Å². The fraction of sp³-hybridized carbons (Fsp3) is 0.333. The lowest BCUT2D eigenvalue weighted by Gasteiger charge is -1.89. The SMILES string of the molecule is O=C(O)CSc1nnc(SCC(=O)O)s1. The summed E-state index contributed by atoms with van der Waals surface area (Å²) < 4.78 is 1.07. The van der Waals surface area contributed by atoms with Crippen molar-refractivity contribution in [2.24, 2.45) is 0 Å². The second-order valence-electron chi connectivity index (χ2n) is 2.20. The highest BCUT2D eigenvalue weighted by molar-refractivity contribution is 8.03. The number of nitrogens with zero attached hydrogens (tertiary/aromatic N) is 2. The summed E-state index contributed by atoms with van der Waals surface area (Å²) in [6, 6.07) is 0. The number of hydrogen-bond acceptors (Lipinski definition) is 7. The molecule has 1 aromatic rings. The zero-order valence-corrected chi connectivity index (χ0v) is 9.69. The Labute approximate surface area is 97.1 Å². The van der Waals surface area contributed by atoms with Crippen LogP contribution in [0, 0.1) is 0 Å². The van der Waals surface area contributed by atoms with Crippen molar-refractivity contribution in [2.45, 2.75) is 8.68 Å². The molecule has 1 heterocycles. The molecular weight excluding hydrogens is 260 g/mol. The van der Waals surface area contributed by atoms with Gasteiger partial charge < -0.3 is 10.2 Å². The van der Waals surface area contributed by atoms with E-state index in [0.29, 0.717) is 8.68 Å². The van der Waals surface area contributed by atoms with E-state index >= 15 is 0 Å². The van der Waals surface area contributed by atoms with Crippen LogP contribution in [0.15, 0.2) is 8.68 Å². The maximum atomic E-state index is 10.2. The minimum atomic E-state index is -0.921. The van der Waals surface area contributed by atoms with E-state index in [-0.39, 0.29) is 11.5 Å². The molecule has 0 amide bonds. The first kappa shape index (κ1) is 12.3. The Hall–Kier alpha value is -0.800. The average Bonchev–Trinajstić information content (AvgIpc) is 2.59. The van der Waals surface area contributed by atoms with Gasteiger partial charge in [-0.15, -0.1) is 10.2 Å². The average molecular weight is 266 g/mol. The third-order valence-corrected chi connectivity index (χ3v) is 4.19. The summed E-state index contributed by atoms with van der Waals surface area (Å²) in [5.41, 5.74) is 0. The number of hydrogen-bond donors (Lipinski definition) is 2. The van der Waals surface area contributed by atoms with Crippen molar-refractivity contribution in [1.29, 1.82) is 0 Å². The molecule has 15 heavy (non-hydrogen) atoms. The van der Waals surface area contributed by atoms with Crippen LogP contribution in [0.2, 0.25) is 0 Å². The first-order valence-electron chi connectivity index (χ1n) is 3.60. The van der Waals surface area contributed by atoms with Gasteiger partial charge >= 0.3 is 11.9 Å². The van der Waals surface area contributed by atoms with E-state index < -0.39 is 11.9 Å². The molecule has 2 N–H and O–H groups in total. The zero-order chi connectivity index (χ0) is 11.3. The van der Waals surface area contributed by atoms with Gasteiger partial charge in [0.1, 0.15) is 0 Å². The molecule has 0 aliphatic rings. The second-order valence-corrected chi connectivity index (χ2v) is 5.62. The van der Waals surface area contributed by atoms with Crippen molar-refractivity contribution in [3.05, 3.63) is 0 Å². The van der Waals surface area contributed by atoms with Crippen molar-refractivity contribution >= 4 is 46.8 Å². The van der Waals surface area contributed by atoms with Crippen LogP contribution in [-0.4, -0.2) is 43.9 Å². The number of rotatable bonds is 6. The Bertz CT molecular complexity index is 335. The molecule has 0 fully saturated rings. The highest BCUT2D eigenvalue weighted by Crippen LogP contribution is 2.28. The lowest BCUT2D eigenvalue weighted by Crippen LogP contribution is -1.96. The molecule has 1 aromatic heterocycles. The smallest absolute Gasteiger partial charge is 0.313 e. The maximum Gasteiger partial charge on any atom is 0.313 e. The monoisotopic (exact) mass is 266 g/mol. The Morgan fingerprint density at radius 1 is 1.07 bits per heavy atom. The van der Waals surface area contributed by atoms with Crippen molar-refractivity contribution in [2.75, 3.05) is 11.5 Å². The van der Waals surface area contributed by atoms with Gasteiger partial charge in [0.2, 0.25) is 0 Å². The number of aromatic nitrogens is 2. The van der Waals surface area contributed by atoms with E-state index in [1.54, 1.807) is 0 Å². The van der Waals surface area contributed by atoms with Crippen LogP contribution in [0.1, 0.15) is 0 Å². The molecule has 0 aliphatic carbocycles. The van der Waals surface area contributed by atoms with Crippen LogP contribution in [-0.2, 0) is 9.59 Å². The molecule has 0 aliphatic heterocycles. The van der Waals surface area contributed by atoms with Crippen molar-refractivity contribution < 1.29 is 19.8 Å². The van der Waals surface area contributed by atoms with Crippen molar-refractivity contribution in [3.8, 4) is 0 Å². The lowest BCUT2D eigenvalue weighted by molar-refractivity contribution is -0.134. The van der Waals surface area contributed by atoms with Gasteiger partial charge in [-0.3, -0.25) is 9.59 Å². The van der Waals surface area contributed by atoms with Crippen LogP contribution in [0.5, 0.6) is 0 Å². The van der Waals surface area contributed by atoms with Gasteiger partial charge in [0.15, 0.2) is 8.68 Å². The Morgan fingerprint density at radius 2 is 1.47 bits per heavy atom. The molecule has 6 nitrogen and oxygen atoms in total. The summed E-state index contributed by atoms with van der Waals surface area (Å²) in [4.78, 5) is 20.5. The minimum Gasteiger partial charge on any atom is -0.481 e. The molecule has 0 unspecified atom stereocenters. The predicted molar refractivity (Wildman–Crippen MR) is 56.6 cm³/mol. The summed E-state index contributed by atoms with van der Waals surface area (Å²) in [6.45, 7) is 0. The van der Waals surface area contributed by atoms with Crippen LogP contribution >= 0.6 is 34.9 Å². The third-order valence-electron chi connectivity index (χ3n) is 1.03. The van der Waals surface area contributed by atoms with Crippen molar-refractivity contribution in [1.82, 2.24) is 10.2 Å². The van der Waals surface area contributed by atoms with Crippen LogP contribution < -0.4 is 0 Å². The van der Waals surface area contributed by atoms with Crippen molar-refractivity contribution in [3.63, 3.8) is 0 Å². The third kappa shape index (κ3) is 5.00. The number of carboxylic acid groups (broad SMARTS) is 2. The molecule has 0 spiro atoms. The fourth-order valence-corrected chi connectivity index (χ4v) is 3.02. The van der Waals surface area contributed by atoms with E-state index in [0.717, 1.165) is 23.5 Å². The minimum absolute atomic E-state index is 0.0712. The summed E-state index contributed by atoms with van der Waals surface area (Å²) in [7, 11) is 0. The normalized spacial score (nSPS) is 10.1. The fourth-order valence-electron chi connectivity index (χ4n) is 0.561. The molecular formula is C6H6N2O4S3. The molecule has 0 bridgehead atoms. The highest BCUT2D eigenvalue weighted by Gasteiger charge is 2.08. The van der Waals surface area contributed by atoms with Gasteiger partial charge in [0, 0.05) is 0 Å². The van der Waals surface area contributed by atoms with E-state index in [1.165, 1.54) is 11.3 Å². The Balaban J connectivity index is 2.41. The quantitative estimate of drug-likeness (QED) is 0.732. The molecule has 0 saturated heterocycles. The van der Waals surface area contributed by atoms with Crippen LogP contribution in [0.25, 0.3) is 0 Å². The molecule has 82 valence electrons. The highest BCUT2D eigenvalue weighted by atomic mass is 32.2. The maximum absolute atomic E-state index is 10.2.